The third-order valence-corrected chi connectivity index (χ3v) is 7.09. The number of methoxy groups -OCH3 is 2. The van der Waals surface area contributed by atoms with E-state index in [-0.39, 0.29) is 18.9 Å². The summed E-state index contributed by atoms with van der Waals surface area (Å²) in [6.45, 7) is 2.35. The van der Waals surface area contributed by atoms with E-state index < -0.39 is 28.9 Å². The maximum absolute atomic E-state index is 14.0. The first-order valence-electron chi connectivity index (χ1n) is 11.9. The Morgan fingerprint density at radius 3 is 2.51 bits per heavy atom. The number of hydrogen-bond acceptors (Lipinski definition) is 7. The normalized spacial score (nSPS) is 24.9. The van der Waals surface area contributed by atoms with Crippen LogP contribution in [0.4, 0.5) is 14.5 Å². The molecule has 2 N–H and O–H groups in total. The fraction of sp³-hybridized carbons (Fsp3) is 0.538. The average Bonchev–Trinajstić information content (AvgIpc) is 2.85. The van der Waals surface area contributed by atoms with Crippen molar-refractivity contribution in [3.63, 3.8) is 0 Å². The fourth-order valence-electron chi connectivity index (χ4n) is 5.10. The number of halogens is 2. The minimum atomic E-state index is -1.44. The third-order valence-electron chi connectivity index (χ3n) is 7.09. The monoisotopic (exact) mass is 492 g/mol. The van der Waals surface area contributed by atoms with Gasteiger partial charge >= 0.3 is 0 Å². The van der Waals surface area contributed by atoms with E-state index in [0.717, 1.165) is 29.6 Å². The highest BCUT2D eigenvalue weighted by molar-refractivity contribution is 5.51. The summed E-state index contributed by atoms with van der Waals surface area (Å²) in [5.74, 6) is -0.781. The van der Waals surface area contributed by atoms with Crippen molar-refractivity contribution in [3.05, 3.63) is 54.1 Å². The summed E-state index contributed by atoms with van der Waals surface area (Å²) in [6.07, 6.45) is 1.16. The number of rotatable bonds is 8. The van der Waals surface area contributed by atoms with Crippen molar-refractivity contribution >= 4 is 5.69 Å². The van der Waals surface area contributed by atoms with Gasteiger partial charge in [0.05, 0.1) is 18.8 Å². The molecular weight excluding hydrogens is 458 g/mol. The zero-order valence-corrected chi connectivity index (χ0v) is 20.3. The van der Waals surface area contributed by atoms with Crippen LogP contribution in [0.15, 0.2) is 42.5 Å². The molecule has 0 unspecified atom stereocenters. The first-order valence-corrected chi connectivity index (χ1v) is 11.9. The quantitative estimate of drug-likeness (QED) is 0.587. The standard InChI is InChI=1S/C26H34F2N2O5/c1-33-21-5-3-4-20(15-21)30-12-9-25(31,10-13-30)16-29-11-8-24(34-2)26(32,17-29)18-35-23-14-19(27)6-7-22(23)28/h3-7,14-15,24,31-32H,8-13,16-18H2,1-2H3/t24-,26-/m0/s1. The smallest absolute Gasteiger partial charge is 0.165 e. The second kappa shape index (κ2) is 10.7. The number of β-amino-alcohol motifs (C(OH)–C–C–N with tert-alkyl or cyclic N) is 2. The number of piperidine rings is 2. The molecule has 2 aliphatic heterocycles. The van der Waals surface area contributed by atoms with Gasteiger partial charge in [-0.15, -0.1) is 0 Å². The van der Waals surface area contributed by atoms with Gasteiger partial charge in [0.1, 0.15) is 23.8 Å². The molecule has 2 aromatic carbocycles. The molecule has 2 aromatic rings. The number of ether oxygens (including phenoxy) is 3. The van der Waals surface area contributed by atoms with E-state index in [1.807, 2.05) is 29.2 Å². The highest BCUT2D eigenvalue weighted by Crippen LogP contribution is 2.32. The summed E-state index contributed by atoms with van der Waals surface area (Å²) in [5.41, 5.74) is -1.28. The van der Waals surface area contributed by atoms with Gasteiger partial charge in [0.15, 0.2) is 11.6 Å². The molecule has 2 fully saturated rings. The van der Waals surface area contributed by atoms with Gasteiger partial charge in [0.2, 0.25) is 0 Å². The van der Waals surface area contributed by atoms with Gasteiger partial charge in [-0.3, -0.25) is 4.90 Å². The van der Waals surface area contributed by atoms with Gasteiger partial charge in [0.25, 0.3) is 0 Å². The second-order valence-corrected chi connectivity index (χ2v) is 9.60. The molecule has 0 amide bonds. The maximum atomic E-state index is 14.0. The highest BCUT2D eigenvalue weighted by Gasteiger charge is 2.45. The summed E-state index contributed by atoms with van der Waals surface area (Å²) >= 11 is 0. The first kappa shape index (κ1) is 25.6. The lowest BCUT2D eigenvalue weighted by molar-refractivity contribution is -0.160. The zero-order valence-electron chi connectivity index (χ0n) is 20.3. The number of benzene rings is 2. The van der Waals surface area contributed by atoms with E-state index in [0.29, 0.717) is 45.4 Å². The van der Waals surface area contributed by atoms with Crippen molar-refractivity contribution in [3.8, 4) is 11.5 Å². The summed E-state index contributed by atoms with van der Waals surface area (Å²) in [5, 5.41) is 22.7. The Kier molecular flexibility index (Phi) is 7.80. The first-order chi connectivity index (χ1) is 16.7. The van der Waals surface area contributed by atoms with E-state index in [2.05, 4.69) is 4.90 Å². The van der Waals surface area contributed by atoms with Crippen LogP contribution in [-0.4, -0.2) is 86.0 Å². The zero-order chi connectivity index (χ0) is 25.1. The van der Waals surface area contributed by atoms with Crippen molar-refractivity contribution in [1.82, 2.24) is 4.90 Å². The largest absolute Gasteiger partial charge is 0.497 e. The predicted molar refractivity (Wildman–Crippen MR) is 128 cm³/mol. The highest BCUT2D eigenvalue weighted by atomic mass is 19.1. The average molecular weight is 493 g/mol. The van der Waals surface area contributed by atoms with E-state index in [1.54, 1.807) is 7.11 Å². The van der Waals surface area contributed by atoms with E-state index in [1.165, 1.54) is 7.11 Å². The molecule has 9 heteroatoms. The Labute approximate surface area is 204 Å². The second-order valence-electron chi connectivity index (χ2n) is 9.60. The molecule has 0 radical (unpaired) electrons. The third kappa shape index (κ3) is 6.03. The molecule has 4 rings (SSSR count). The molecule has 0 bridgehead atoms. The van der Waals surface area contributed by atoms with Crippen molar-refractivity contribution in [2.75, 3.05) is 58.5 Å². The number of hydrogen-bond donors (Lipinski definition) is 2. The SMILES string of the molecule is COc1cccc(N2CCC(O)(CN3CC[C@H](OC)[C@@](O)(COc4cc(F)ccc4F)C3)CC2)c1. The van der Waals surface area contributed by atoms with Gasteiger partial charge in [0, 0.05) is 57.7 Å². The number of likely N-dealkylation sites (tertiary alicyclic amines) is 1. The Morgan fingerprint density at radius 1 is 1.03 bits per heavy atom. The van der Waals surface area contributed by atoms with Crippen LogP contribution in [0.3, 0.4) is 0 Å². The lowest BCUT2D eigenvalue weighted by atomic mass is 9.86. The number of nitrogens with zero attached hydrogens (tertiary/aromatic N) is 2. The summed E-state index contributed by atoms with van der Waals surface area (Å²) < 4.78 is 43.8. The summed E-state index contributed by atoms with van der Waals surface area (Å²) in [6, 6.07) is 10.8. The fourth-order valence-corrected chi connectivity index (χ4v) is 5.10. The van der Waals surface area contributed by atoms with E-state index >= 15 is 0 Å². The van der Waals surface area contributed by atoms with Crippen LogP contribution in [0, 0.1) is 11.6 Å². The molecule has 0 aromatic heterocycles. The van der Waals surface area contributed by atoms with E-state index in [9.17, 15) is 19.0 Å². The molecule has 2 aliphatic rings. The topological polar surface area (TPSA) is 74.6 Å². The lowest BCUT2D eigenvalue weighted by Crippen LogP contribution is -2.63. The van der Waals surface area contributed by atoms with Crippen molar-refractivity contribution in [1.29, 1.82) is 0 Å². The lowest BCUT2D eigenvalue weighted by Gasteiger charge is -2.47. The van der Waals surface area contributed by atoms with Crippen LogP contribution in [0.2, 0.25) is 0 Å². The van der Waals surface area contributed by atoms with Crippen LogP contribution in [0.1, 0.15) is 19.3 Å². The molecule has 192 valence electrons. The van der Waals surface area contributed by atoms with Gasteiger partial charge in [-0.2, -0.15) is 0 Å². The van der Waals surface area contributed by atoms with Crippen LogP contribution in [-0.2, 0) is 4.74 Å². The Morgan fingerprint density at radius 2 is 1.80 bits per heavy atom. The van der Waals surface area contributed by atoms with Crippen molar-refractivity contribution < 1.29 is 33.2 Å². The minimum Gasteiger partial charge on any atom is -0.497 e. The van der Waals surface area contributed by atoms with E-state index in [4.69, 9.17) is 14.2 Å². The maximum Gasteiger partial charge on any atom is 0.165 e. The van der Waals surface area contributed by atoms with Crippen LogP contribution < -0.4 is 14.4 Å². The Hall–Kier alpha value is -2.46. The summed E-state index contributed by atoms with van der Waals surface area (Å²) in [4.78, 5) is 4.23. The molecule has 2 atom stereocenters. The summed E-state index contributed by atoms with van der Waals surface area (Å²) in [7, 11) is 3.15. The number of anilines is 1. The molecule has 7 nitrogen and oxygen atoms in total. The van der Waals surface area contributed by atoms with Gasteiger partial charge in [-0.1, -0.05) is 6.07 Å². The van der Waals surface area contributed by atoms with Crippen LogP contribution in [0.25, 0.3) is 0 Å². The molecule has 0 aliphatic carbocycles. The molecule has 2 saturated heterocycles. The number of aliphatic hydroxyl groups is 2. The molecule has 35 heavy (non-hydrogen) atoms. The molecule has 2 heterocycles. The van der Waals surface area contributed by atoms with Gasteiger partial charge < -0.3 is 29.3 Å². The van der Waals surface area contributed by atoms with Crippen molar-refractivity contribution in [2.45, 2.75) is 36.6 Å². The Balaban J connectivity index is 1.37. The van der Waals surface area contributed by atoms with Crippen LogP contribution in [0.5, 0.6) is 11.5 Å². The van der Waals surface area contributed by atoms with Gasteiger partial charge in [-0.05, 0) is 43.5 Å². The molecule has 0 saturated carbocycles. The predicted octanol–water partition coefficient (Wildman–Crippen LogP) is 2.84. The van der Waals surface area contributed by atoms with Crippen LogP contribution >= 0.6 is 0 Å². The molecule has 0 spiro atoms. The Bertz CT molecular complexity index is 1000. The minimum absolute atomic E-state index is 0.185. The molecular formula is C26H34F2N2O5. The van der Waals surface area contributed by atoms with Crippen molar-refractivity contribution in [2.24, 2.45) is 0 Å². The van der Waals surface area contributed by atoms with Gasteiger partial charge in [-0.25, -0.2) is 8.78 Å².